The number of alkyl halides is 1. The Hall–Kier alpha value is -0.870. The van der Waals surface area contributed by atoms with Crippen LogP contribution in [0.25, 0.3) is 11.5 Å². The van der Waals surface area contributed by atoms with Gasteiger partial charge < -0.3 is 4.52 Å². The number of aryl methyl sites for hydroxylation is 1. The van der Waals surface area contributed by atoms with Crippen molar-refractivity contribution in [1.29, 1.82) is 0 Å². The molecule has 2 heterocycles. The van der Waals surface area contributed by atoms with Crippen molar-refractivity contribution in [2.24, 2.45) is 0 Å². The quantitative estimate of drug-likeness (QED) is 0.722. The fourth-order valence-corrected chi connectivity index (χ4v) is 1.93. The fraction of sp³-hybridized carbons (Fsp3) is 0.250. The van der Waals surface area contributed by atoms with E-state index >= 15 is 0 Å². The molecular weight excluding hydrogens is 208 g/mol. The maximum Gasteiger partial charge on any atom is 0.259 e. The maximum absolute atomic E-state index is 5.56. The Balaban J connectivity index is 2.41. The van der Waals surface area contributed by atoms with Gasteiger partial charge in [-0.25, -0.2) is 0 Å². The van der Waals surface area contributed by atoms with E-state index in [0.29, 0.717) is 11.7 Å². The second-order valence-corrected chi connectivity index (χ2v) is 3.63. The zero-order chi connectivity index (χ0) is 9.26. The van der Waals surface area contributed by atoms with E-state index in [2.05, 4.69) is 10.1 Å². The maximum atomic E-state index is 5.56. The zero-order valence-corrected chi connectivity index (χ0v) is 8.52. The van der Waals surface area contributed by atoms with Gasteiger partial charge in [0, 0.05) is 5.38 Å². The van der Waals surface area contributed by atoms with Crippen LogP contribution in [0.3, 0.4) is 0 Å². The topological polar surface area (TPSA) is 38.9 Å². The number of thiophene rings is 1. The molecule has 2 rings (SSSR count). The van der Waals surface area contributed by atoms with Crippen LogP contribution < -0.4 is 0 Å². The van der Waals surface area contributed by atoms with E-state index in [1.54, 1.807) is 11.3 Å². The average Bonchev–Trinajstić information content (AvgIpc) is 2.71. The monoisotopic (exact) mass is 214 g/mol. The molecular formula is C8H7ClN2OS. The number of aromatic nitrogens is 2. The van der Waals surface area contributed by atoms with Crippen molar-refractivity contribution >= 4 is 22.9 Å². The van der Waals surface area contributed by atoms with Crippen molar-refractivity contribution in [3.63, 3.8) is 0 Å². The van der Waals surface area contributed by atoms with Crippen molar-refractivity contribution < 1.29 is 4.52 Å². The Morgan fingerprint density at radius 2 is 2.38 bits per heavy atom. The van der Waals surface area contributed by atoms with E-state index in [0.717, 1.165) is 11.1 Å². The molecule has 68 valence electrons. The first-order chi connectivity index (χ1) is 6.31. The Morgan fingerprint density at radius 3 is 2.92 bits per heavy atom. The molecule has 0 radical (unpaired) electrons. The van der Waals surface area contributed by atoms with Gasteiger partial charge in [0.15, 0.2) is 5.82 Å². The highest BCUT2D eigenvalue weighted by atomic mass is 35.5. The third-order valence-electron chi connectivity index (χ3n) is 1.67. The number of nitrogens with zero attached hydrogens (tertiary/aromatic N) is 2. The number of hydrogen-bond acceptors (Lipinski definition) is 4. The first-order valence-electron chi connectivity index (χ1n) is 3.73. The Labute approximate surface area is 84.3 Å². The Morgan fingerprint density at radius 1 is 1.54 bits per heavy atom. The molecule has 0 spiro atoms. The fourth-order valence-electron chi connectivity index (χ4n) is 0.997. The third kappa shape index (κ3) is 1.59. The second-order valence-electron chi connectivity index (χ2n) is 2.62. The summed E-state index contributed by atoms with van der Waals surface area (Å²) in [4.78, 5) is 4.13. The van der Waals surface area contributed by atoms with Crippen molar-refractivity contribution in [2.45, 2.75) is 12.8 Å². The van der Waals surface area contributed by atoms with Crippen LogP contribution in [0.2, 0.25) is 0 Å². The van der Waals surface area contributed by atoms with Crippen LogP contribution in [0.5, 0.6) is 0 Å². The molecule has 0 fully saturated rings. The highest BCUT2D eigenvalue weighted by molar-refractivity contribution is 7.08. The average molecular weight is 215 g/mol. The summed E-state index contributed by atoms with van der Waals surface area (Å²) in [7, 11) is 0. The predicted octanol–water partition coefficient (Wildman–Crippen LogP) is 2.85. The molecule has 0 atom stereocenters. The lowest BCUT2D eigenvalue weighted by Crippen LogP contribution is -1.80. The summed E-state index contributed by atoms with van der Waals surface area (Å²) in [5.74, 6) is 1.36. The van der Waals surface area contributed by atoms with Crippen LogP contribution in [0.15, 0.2) is 15.3 Å². The predicted molar refractivity (Wildman–Crippen MR) is 51.9 cm³/mol. The molecule has 0 aliphatic carbocycles. The van der Waals surface area contributed by atoms with Gasteiger partial charge in [-0.3, -0.25) is 0 Å². The molecule has 0 aliphatic rings. The van der Waals surface area contributed by atoms with Crippen LogP contribution in [-0.4, -0.2) is 10.1 Å². The van der Waals surface area contributed by atoms with E-state index in [1.165, 1.54) is 0 Å². The second kappa shape index (κ2) is 3.47. The van der Waals surface area contributed by atoms with Gasteiger partial charge in [0.05, 0.1) is 11.4 Å². The van der Waals surface area contributed by atoms with Gasteiger partial charge in [-0.15, -0.1) is 11.6 Å². The zero-order valence-electron chi connectivity index (χ0n) is 6.95. The highest BCUT2D eigenvalue weighted by Crippen LogP contribution is 2.25. The number of halogens is 1. The summed E-state index contributed by atoms with van der Waals surface area (Å²) < 4.78 is 5.04. The van der Waals surface area contributed by atoms with Gasteiger partial charge in [0.2, 0.25) is 0 Å². The van der Waals surface area contributed by atoms with E-state index in [4.69, 9.17) is 16.1 Å². The van der Waals surface area contributed by atoms with E-state index in [1.807, 2.05) is 17.7 Å². The molecule has 5 heteroatoms. The summed E-state index contributed by atoms with van der Waals surface area (Å²) in [6.07, 6.45) is 0. The van der Waals surface area contributed by atoms with E-state index in [9.17, 15) is 0 Å². The normalized spacial score (nSPS) is 10.6. The van der Waals surface area contributed by atoms with Crippen LogP contribution >= 0.6 is 22.9 Å². The van der Waals surface area contributed by atoms with Gasteiger partial charge in [-0.05, 0) is 17.9 Å². The highest BCUT2D eigenvalue weighted by Gasteiger charge is 2.10. The molecule has 0 aliphatic heterocycles. The molecule has 3 nitrogen and oxygen atoms in total. The van der Waals surface area contributed by atoms with Crippen molar-refractivity contribution in [3.8, 4) is 11.5 Å². The molecule has 0 N–H and O–H groups in total. The summed E-state index contributed by atoms with van der Waals surface area (Å²) in [6.45, 7) is 2.01. The summed E-state index contributed by atoms with van der Waals surface area (Å²) in [6, 6.07) is 0. The summed E-state index contributed by atoms with van der Waals surface area (Å²) in [5, 5.41) is 7.75. The minimum Gasteiger partial charge on any atom is -0.334 e. The minimum absolute atomic E-state index is 0.284. The number of hydrogen-bond donors (Lipinski definition) is 0. The van der Waals surface area contributed by atoms with Crippen LogP contribution in [0.4, 0.5) is 0 Å². The lowest BCUT2D eigenvalue weighted by atomic mass is 10.2. The summed E-state index contributed by atoms with van der Waals surface area (Å²) >= 11 is 7.18. The lowest BCUT2D eigenvalue weighted by molar-refractivity contribution is 0.425. The van der Waals surface area contributed by atoms with E-state index < -0.39 is 0 Å². The van der Waals surface area contributed by atoms with E-state index in [-0.39, 0.29) is 5.88 Å². The molecule has 2 aromatic heterocycles. The van der Waals surface area contributed by atoms with Gasteiger partial charge >= 0.3 is 0 Å². The summed E-state index contributed by atoms with van der Waals surface area (Å²) in [5.41, 5.74) is 2.14. The standard InChI is InChI=1S/C8H7ClN2OS/c1-5-3-13-4-6(5)8-10-7(2-9)11-12-8/h3-4H,2H2,1H3. The molecule has 0 saturated carbocycles. The Bertz CT molecular complexity index is 410. The molecule has 0 bridgehead atoms. The van der Waals surface area contributed by atoms with Crippen LogP contribution in [0.1, 0.15) is 11.4 Å². The Kier molecular flexibility index (Phi) is 2.33. The van der Waals surface area contributed by atoms with Crippen LogP contribution in [-0.2, 0) is 5.88 Å². The molecule has 0 amide bonds. The SMILES string of the molecule is Cc1cscc1-c1nc(CCl)no1. The minimum atomic E-state index is 0.284. The van der Waals surface area contributed by atoms with Crippen molar-refractivity contribution in [1.82, 2.24) is 10.1 Å². The first kappa shape index (κ1) is 8.72. The largest absolute Gasteiger partial charge is 0.334 e. The lowest BCUT2D eigenvalue weighted by Gasteiger charge is -1.88. The molecule has 13 heavy (non-hydrogen) atoms. The third-order valence-corrected chi connectivity index (χ3v) is 2.77. The number of rotatable bonds is 2. The van der Waals surface area contributed by atoms with Crippen molar-refractivity contribution in [3.05, 3.63) is 22.1 Å². The molecule has 0 aromatic carbocycles. The van der Waals surface area contributed by atoms with Gasteiger partial charge in [0.25, 0.3) is 5.89 Å². The molecule has 0 unspecified atom stereocenters. The smallest absolute Gasteiger partial charge is 0.259 e. The van der Waals surface area contributed by atoms with Gasteiger partial charge in [-0.1, -0.05) is 5.16 Å². The first-order valence-corrected chi connectivity index (χ1v) is 5.20. The van der Waals surface area contributed by atoms with Crippen LogP contribution in [0, 0.1) is 6.92 Å². The van der Waals surface area contributed by atoms with Gasteiger partial charge in [-0.2, -0.15) is 16.3 Å². The molecule has 2 aromatic rings. The van der Waals surface area contributed by atoms with Crippen molar-refractivity contribution in [2.75, 3.05) is 0 Å². The molecule has 0 saturated heterocycles. The van der Waals surface area contributed by atoms with Gasteiger partial charge in [0.1, 0.15) is 0 Å².